The molecule has 1 aromatic heterocycles. The maximum absolute atomic E-state index is 12.0. The van der Waals surface area contributed by atoms with Crippen LogP contribution in [-0.2, 0) is 0 Å². The Balaban J connectivity index is 2.62. The van der Waals surface area contributed by atoms with Crippen molar-refractivity contribution in [3.63, 3.8) is 0 Å². The number of Topliss-reactive ketones (excluding diaryl/α,β-unsaturated/α-hetero) is 1. The van der Waals surface area contributed by atoms with Gasteiger partial charge < -0.3 is 10.1 Å². The molecular formula is C14H22N2O2. The molecule has 1 atom stereocenters. The van der Waals surface area contributed by atoms with E-state index in [2.05, 4.69) is 10.3 Å². The number of aromatic nitrogens is 1. The number of hydrogen-bond donors (Lipinski definition) is 1. The Morgan fingerprint density at radius 2 is 2.22 bits per heavy atom. The van der Waals surface area contributed by atoms with Crippen LogP contribution in [0.15, 0.2) is 18.5 Å². The first-order valence-electron chi connectivity index (χ1n) is 6.51. The fourth-order valence-electron chi connectivity index (χ4n) is 1.69. The van der Waals surface area contributed by atoms with Crippen LogP contribution in [0.1, 0.15) is 44.0 Å². The van der Waals surface area contributed by atoms with E-state index in [0.29, 0.717) is 24.3 Å². The zero-order valence-corrected chi connectivity index (χ0v) is 11.4. The van der Waals surface area contributed by atoms with E-state index in [1.54, 1.807) is 18.5 Å². The van der Waals surface area contributed by atoms with E-state index < -0.39 is 0 Å². The zero-order valence-electron chi connectivity index (χ0n) is 11.4. The van der Waals surface area contributed by atoms with Crippen LogP contribution in [0.3, 0.4) is 0 Å². The van der Waals surface area contributed by atoms with Crippen LogP contribution in [-0.4, -0.2) is 30.0 Å². The van der Waals surface area contributed by atoms with Gasteiger partial charge in [-0.25, -0.2) is 0 Å². The number of nitrogens with one attached hydrogen (secondary N) is 1. The Morgan fingerprint density at radius 1 is 1.44 bits per heavy atom. The van der Waals surface area contributed by atoms with Gasteiger partial charge in [-0.2, -0.15) is 0 Å². The van der Waals surface area contributed by atoms with Crippen LogP contribution in [0.2, 0.25) is 0 Å². The molecule has 0 radical (unpaired) electrons. The van der Waals surface area contributed by atoms with Gasteiger partial charge in [0.05, 0.1) is 12.8 Å². The summed E-state index contributed by atoms with van der Waals surface area (Å²) in [5, 5.41) is 3.22. The molecule has 0 amide bonds. The Morgan fingerprint density at radius 3 is 2.89 bits per heavy atom. The lowest BCUT2D eigenvalue weighted by molar-refractivity contribution is 0.0971. The van der Waals surface area contributed by atoms with Gasteiger partial charge in [0, 0.05) is 24.2 Å². The van der Waals surface area contributed by atoms with Crippen molar-refractivity contribution < 1.29 is 9.53 Å². The van der Waals surface area contributed by atoms with Crippen LogP contribution in [0.25, 0.3) is 0 Å². The van der Waals surface area contributed by atoms with E-state index in [0.717, 1.165) is 13.0 Å². The summed E-state index contributed by atoms with van der Waals surface area (Å²) in [5.74, 6) is 0.761. The number of carbonyl (C=O) groups is 1. The molecule has 0 saturated carbocycles. The van der Waals surface area contributed by atoms with Crippen LogP contribution in [0.5, 0.6) is 5.75 Å². The summed E-state index contributed by atoms with van der Waals surface area (Å²) in [6.07, 6.45) is 4.66. The highest BCUT2D eigenvalue weighted by Crippen LogP contribution is 2.13. The quantitative estimate of drug-likeness (QED) is 0.720. The highest BCUT2D eigenvalue weighted by atomic mass is 16.5. The molecule has 1 rings (SSSR count). The fraction of sp³-hybridized carbons (Fsp3) is 0.571. The maximum atomic E-state index is 12.0. The fourth-order valence-corrected chi connectivity index (χ4v) is 1.69. The SMILES string of the molecule is CCCOc1cncc(C(=O)CC(C)NCC)c1. The Labute approximate surface area is 109 Å². The topological polar surface area (TPSA) is 51.2 Å². The average Bonchev–Trinajstić information content (AvgIpc) is 2.37. The molecule has 1 unspecified atom stereocenters. The summed E-state index contributed by atoms with van der Waals surface area (Å²) >= 11 is 0. The molecule has 1 heterocycles. The molecular weight excluding hydrogens is 228 g/mol. The van der Waals surface area contributed by atoms with Crippen molar-refractivity contribution in [1.29, 1.82) is 0 Å². The first kappa shape index (κ1) is 14.6. The Kier molecular flexibility index (Phi) is 6.36. The van der Waals surface area contributed by atoms with Gasteiger partial charge in [-0.15, -0.1) is 0 Å². The normalized spacial score (nSPS) is 12.2. The number of pyridine rings is 1. The lowest BCUT2D eigenvalue weighted by Gasteiger charge is -2.11. The van der Waals surface area contributed by atoms with Gasteiger partial charge in [0.15, 0.2) is 5.78 Å². The summed E-state index contributed by atoms with van der Waals surface area (Å²) in [6, 6.07) is 1.95. The molecule has 0 aliphatic carbocycles. The Bertz CT molecular complexity index is 380. The zero-order chi connectivity index (χ0) is 13.4. The molecule has 0 aromatic carbocycles. The molecule has 0 saturated heterocycles. The third kappa shape index (κ3) is 4.84. The second-order valence-electron chi connectivity index (χ2n) is 4.34. The maximum Gasteiger partial charge on any atom is 0.166 e. The monoisotopic (exact) mass is 250 g/mol. The Hall–Kier alpha value is -1.42. The van der Waals surface area contributed by atoms with Crippen molar-refractivity contribution >= 4 is 5.78 Å². The summed E-state index contributed by atoms with van der Waals surface area (Å²) in [6.45, 7) is 7.59. The van der Waals surface area contributed by atoms with E-state index in [1.165, 1.54) is 0 Å². The van der Waals surface area contributed by atoms with Crippen molar-refractivity contribution in [2.45, 2.75) is 39.7 Å². The summed E-state index contributed by atoms with van der Waals surface area (Å²) < 4.78 is 5.47. The van der Waals surface area contributed by atoms with Crippen molar-refractivity contribution in [3.8, 4) is 5.75 Å². The molecule has 4 nitrogen and oxygen atoms in total. The van der Waals surface area contributed by atoms with E-state index in [-0.39, 0.29) is 11.8 Å². The van der Waals surface area contributed by atoms with Crippen molar-refractivity contribution in [1.82, 2.24) is 10.3 Å². The molecule has 0 fully saturated rings. The standard InChI is InChI=1S/C14H22N2O2/c1-4-6-18-13-8-12(9-15-10-13)14(17)7-11(3)16-5-2/h8-11,16H,4-7H2,1-3H3. The summed E-state index contributed by atoms with van der Waals surface area (Å²) in [7, 11) is 0. The second kappa shape index (κ2) is 7.82. The van der Waals surface area contributed by atoms with Gasteiger partial charge in [-0.3, -0.25) is 9.78 Å². The lowest BCUT2D eigenvalue weighted by Crippen LogP contribution is -2.28. The summed E-state index contributed by atoms with van der Waals surface area (Å²) in [4.78, 5) is 16.1. The molecule has 0 spiro atoms. The highest BCUT2D eigenvalue weighted by molar-refractivity contribution is 5.96. The van der Waals surface area contributed by atoms with Gasteiger partial charge >= 0.3 is 0 Å². The molecule has 0 bridgehead atoms. The predicted octanol–water partition coefficient (Wildman–Crippen LogP) is 2.44. The van der Waals surface area contributed by atoms with Crippen molar-refractivity contribution in [2.75, 3.05) is 13.2 Å². The van der Waals surface area contributed by atoms with Gasteiger partial charge in [0.2, 0.25) is 0 Å². The van der Waals surface area contributed by atoms with Crippen LogP contribution >= 0.6 is 0 Å². The smallest absolute Gasteiger partial charge is 0.166 e. The van der Waals surface area contributed by atoms with E-state index in [9.17, 15) is 4.79 Å². The lowest BCUT2D eigenvalue weighted by atomic mass is 10.1. The van der Waals surface area contributed by atoms with Crippen LogP contribution in [0.4, 0.5) is 0 Å². The second-order valence-corrected chi connectivity index (χ2v) is 4.34. The first-order chi connectivity index (χ1) is 8.67. The molecule has 1 N–H and O–H groups in total. The van der Waals surface area contributed by atoms with Crippen molar-refractivity contribution in [2.24, 2.45) is 0 Å². The highest BCUT2D eigenvalue weighted by Gasteiger charge is 2.11. The van der Waals surface area contributed by atoms with E-state index in [4.69, 9.17) is 4.74 Å². The van der Waals surface area contributed by atoms with E-state index in [1.807, 2.05) is 20.8 Å². The number of rotatable bonds is 8. The number of hydrogen-bond acceptors (Lipinski definition) is 4. The van der Waals surface area contributed by atoms with Gasteiger partial charge in [-0.05, 0) is 26.0 Å². The minimum atomic E-state index is 0.0953. The molecule has 0 aliphatic rings. The van der Waals surface area contributed by atoms with Crippen molar-refractivity contribution in [3.05, 3.63) is 24.0 Å². The number of ether oxygens (including phenoxy) is 1. The van der Waals surface area contributed by atoms with Crippen LogP contribution < -0.4 is 10.1 Å². The summed E-state index contributed by atoms with van der Waals surface area (Å²) in [5.41, 5.74) is 0.619. The number of nitrogens with zero attached hydrogens (tertiary/aromatic N) is 1. The third-order valence-electron chi connectivity index (χ3n) is 2.55. The molecule has 100 valence electrons. The number of ketones is 1. The largest absolute Gasteiger partial charge is 0.492 e. The molecule has 4 heteroatoms. The number of carbonyl (C=O) groups excluding carboxylic acids is 1. The molecule has 1 aromatic rings. The van der Waals surface area contributed by atoms with Gasteiger partial charge in [0.1, 0.15) is 5.75 Å². The average molecular weight is 250 g/mol. The van der Waals surface area contributed by atoms with Gasteiger partial charge in [-0.1, -0.05) is 13.8 Å². The third-order valence-corrected chi connectivity index (χ3v) is 2.55. The first-order valence-corrected chi connectivity index (χ1v) is 6.51. The van der Waals surface area contributed by atoms with Gasteiger partial charge in [0.25, 0.3) is 0 Å². The van der Waals surface area contributed by atoms with Crippen LogP contribution in [0, 0.1) is 0 Å². The van der Waals surface area contributed by atoms with E-state index >= 15 is 0 Å². The molecule has 18 heavy (non-hydrogen) atoms. The predicted molar refractivity (Wildman–Crippen MR) is 72.1 cm³/mol. The minimum absolute atomic E-state index is 0.0953. The minimum Gasteiger partial charge on any atom is -0.492 e. The molecule has 0 aliphatic heterocycles.